The van der Waals surface area contributed by atoms with Crippen LogP contribution in [-0.2, 0) is 4.79 Å². The number of anilines is 1. The number of fused-ring (bicyclic) bond motifs is 2. The first kappa shape index (κ1) is 16.5. The highest BCUT2D eigenvalue weighted by atomic mass is 16.2. The molecular weight excluding hydrogens is 328 g/mol. The summed E-state index contributed by atoms with van der Waals surface area (Å²) in [6.45, 7) is 2.50. The van der Waals surface area contributed by atoms with Crippen molar-refractivity contribution < 1.29 is 14.4 Å². The number of benzene rings is 2. The van der Waals surface area contributed by atoms with E-state index in [9.17, 15) is 14.4 Å². The molecule has 0 N–H and O–H groups in total. The largest absolute Gasteiger partial charge is 0.327 e. The minimum Gasteiger partial charge on any atom is -0.327 e. The van der Waals surface area contributed by atoms with Crippen LogP contribution in [-0.4, -0.2) is 35.2 Å². The smallest absolute Gasteiger partial charge is 0.265 e. The van der Waals surface area contributed by atoms with Crippen LogP contribution in [0.1, 0.15) is 45.5 Å². The predicted molar refractivity (Wildman–Crippen MR) is 98.1 cm³/mol. The summed E-state index contributed by atoms with van der Waals surface area (Å²) in [5.41, 5.74) is 2.27. The van der Waals surface area contributed by atoms with Gasteiger partial charge in [-0.05, 0) is 50.5 Å². The van der Waals surface area contributed by atoms with Gasteiger partial charge in [-0.15, -0.1) is 0 Å². The van der Waals surface area contributed by atoms with E-state index < -0.39 is 6.04 Å². The van der Waals surface area contributed by atoms with E-state index in [1.807, 2.05) is 19.1 Å². The molecule has 132 valence electrons. The molecule has 5 heteroatoms. The van der Waals surface area contributed by atoms with Crippen LogP contribution in [0.4, 0.5) is 5.69 Å². The van der Waals surface area contributed by atoms with Gasteiger partial charge in [0.2, 0.25) is 0 Å². The second kappa shape index (κ2) is 6.41. The number of rotatable bonds is 1. The molecule has 0 saturated carbocycles. The van der Waals surface area contributed by atoms with Gasteiger partial charge in [-0.3, -0.25) is 14.4 Å². The summed E-state index contributed by atoms with van der Waals surface area (Å²) in [6, 6.07) is 13.4. The number of hydrogen-bond acceptors (Lipinski definition) is 3. The summed E-state index contributed by atoms with van der Waals surface area (Å²) < 4.78 is 0. The van der Waals surface area contributed by atoms with E-state index >= 15 is 0 Å². The summed E-state index contributed by atoms with van der Waals surface area (Å²) in [4.78, 5) is 42.3. The van der Waals surface area contributed by atoms with Gasteiger partial charge in [0.25, 0.3) is 17.7 Å². The molecule has 3 amide bonds. The Morgan fingerprint density at radius 2 is 1.73 bits per heavy atom. The maximum absolute atomic E-state index is 13.3. The predicted octanol–water partition coefficient (Wildman–Crippen LogP) is 3.18. The molecule has 1 atom stereocenters. The standard InChI is InChI=1S/C21H20N2O3/c1-14-9-11-15(12-10-14)19(24)23-17-7-3-2-6-16(17)20(25)22-13-5-4-8-18(22)21(23)26/h2-3,6-7,9-12,18H,4-5,8,13H2,1H3/t18-/m1/s1. The van der Waals surface area contributed by atoms with E-state index in [1.54, 1.807) is 41.3 Å². The van der Waals surface area contributed by atoms with Gasteiger partial charge >= 0.3 is 0 Å². The van der Waals surface area contributed by atoms with Gasteiger partial charge in [-0.1, -0.05) is 29.8 Å². The van der Waals surface area contributed by atoms with Crippen molar-refractivity contribution in [3.63, 3.8) is 0 Å². The Hall–Kier alpha value is -2.95. The van der Waals surface area contributed by atoms with Crippen LogP contribution >= 0.6 is 0 Å². The number of nitrogens with zero attached hydrogens (tertiary/aromatic N) is 2. The fraction of sp³-hybridized carbons (Fsp3) is 0.286. The highest BCUT2D eigenvalue weighted by molar-refractivity contribution is 6.26. The number of carbonyl (C=O) groups is 3. The molecule has 2 aliphatic rings. The first-order valence-corrected chi connectivity index (χ1v) is 8.93. The lowest BCUT2D eigenvalue weighted by molar-refractivity contribution is -0.123. The van der Waals surface area contributed by atoms with Crippen LogP contribution in [0.2, 0.25) is 0 Å². The normalized spacial score (nSPS) is 19.7. The zero-order valence-corrected chi connectivity index (χ0v) is 14.6. The monoisotopic (exact) mass is 348 g/mol. The average Bonchev–Trinajstić information content (AvgIpc) is 2.76. The first-order valence-electron chi connectivity index (χ1n) is 8.93. The second-order valence-corrected chi connectivity index (χ2v) is 6.87. The van der Waals surface area contributed by atoms with Crippen molar-refractivity contribution in [1.29, 1.82) is 0 Å². The van der Waals surface area contributed by atoms with E-state index in [1.165, 1.54) is 4.90 Å². The van der Waals surface area contributed by atoms with Crippen LogP contribution in [0.5, 0.6) is 0 Å². The highest BCUT2D eigenvalue weighted by Gasteiger charge is 2.42. The Bertz CT molecular complexity index is 888. The van der Waals surface area contributed by atoms with Gasteiger partial charge in [-0.2, -0.15) is 0 Å². The molecule has 2 aromatic carbocycles. The Morgan fingerprint density at radius 3 is 2.50 bits per heavy atom. The van der Waals surface area contributed by atoms with Gasteiger partial charge in [0.1, 0.15) is 6.04 Å². The molecule has 0 spiro atoms. The summed E-state index contributed by atoms with van der Waals surface area (Å²) in [6.07, 6.45) is 2.35. The molecule has 0 aliphatic carbocycles. The highest BCUT2D eigenvalue weighted by Crippen LogP contribution is 2.32. The number of piperidine rings is 1. The summed E-state index contributed by atoms with van der Waals surface area (Å²) in [7, 11) is 0. The molecule has 4 rings (SSSR count). The second-order valence-electron chi connectivity index (χ2n) is 6.87. The van der Waals surface area contributed by atoms with E-state index in [4.69, 9.17) is 0 Å². The van der Waals surface area contributed by atoms with Gasteiger partial charge in [0, 0.05) is 12.1 Å². The van der Waals surface area contributed by atoms with Crippen LogP contribution in [0.15, 0.2) is 48.5 Å². The molecular formula is C21H20N2O3. The third kappa shape index (κ3) is 2.60. The lowest BCUT2D eigenvalue weighted by Crippen LogP contribution is -2.52. The maximum atomic E-state index is 13.3. The molecule has 2 aromatic rings. The average molecular weight is 348 g/mol. The quantitative estimate of drug-likeness (QED) is 0.744. The van der Waals surface area contributed by atoms with Crippen molar-refractivity contribution >= 4 is 23.4 Å². The molecule has 0 radical (unpaired) electrons. The Morgan fingerprint density at radius 1 is 1.00 bits per heavy atom. The molecule has 2 aliphatic heterocycles. The molecule has 0 unspecified atom stereocenters. The van der Waals surface area contributed by atoms with Crippen molar-refractivity contribution in [3.05, 3.63) is 65.2 Å². The molecule has 1 fully saturated rings. The Kier molecular flexibility index (Phi) is 4.07. The van der Waals surface area contributed by atoms with Crippen LogP contribution < -0.4 is 4.90 Å². The lowest BCUT2D eigenvalue weighted by Gasteiger charge is -2.34. The first-order chi connectivity index (χ1) is 12.6. The van der Waals surface area contributed by atoms with Crippen molar-refractivity contribution in [2.75, 3.05) is 11.4 Å². The van der Waals surface area contributed by atoms with Crippen molar-refractivity contribution in [1.82, 2.24) is 4.90 Å². The van der Waals surface area contributed by atoms with Crippen LogP contribution in [0.3, 0.4) is 0 Å². The zero-order valence-electron chi connectivity index (χ0n) is 14.6. The maximum Gasteiger partial charge on any atom is 0.265 e. The SMILES string of the molecule is Cc1ccc(C(=O)N2C(=O)[C@H]3CCCCN3C(=O)c3ccccc32)cc1. The third-order valence-electron chi connectivity index (χ3n) is 5.15. The lowest BCUT2D eigenvalue weighted by atomic mass is 10.0. The topological polar surface area (TPSA) is 57.7 Å². The fourth-order valence-corrected chi connectivity index (χ4v) is 3.74. The number of para-hydroxylation sites is 1. The Labute approximate surface area is 152 Å². The van der Waals surface area contributed by atoms with Crippen LogP contribution in [0, 0.1) is 6.92 Å². The van der Waals surface area contributed by atoms with Gasteiger partial charge in [0.15, 0.2) is 0 Å². The third-order valence-corrected chi connectivity index (χ3v) is 5.15. The molecule has 0 bridgehead atoms. The minimum atomic E-state index is -0.571. The molecule has 26 heavy (non-hydrogen) atoms. The van der Waals surface area contributed by atoms with Gasteiger partial charge < -0.3 is 4.90 Å². The molecule has 0 aromatic heterocycles. The number of hydrogen-bond donors (Lipinski definition) is 0. The number of carbonyl (C=O) groups excluding carboxylic acids is 3. The van der Waals surface area contributed by atoms with E-state index in [-0.39, 0.29) is 17.7 Å². The number of amides is 3. The molecule has 1 saturated heterocycles. The molecule has 5 nitrogen and oxygen atoms in total. The van der Waals surface area contributed by atoms with Gasteiger partial charge in [-0.25, -0.2) is 4.90 Å². The minimum absolute atomic E-state index is 0.169. The summed E-state index contributed by atoms with van der Waals surface area (Å²) in [5.74, 6) is -0.867. The van der Waals surface area contributed by atoms with E-state index in [0.717, 1.165) is 18.4 Å². The van der Waals surface area contributed by atoms with Crippen molar-refractivity contribution in [2.24, 2.45) is 0 Å². The number of imide groups is 1. The zero-order chi connectivity index (χ0) is 18.3. The molecule has 2 heterocycles. The van der Waals surface area contributed by atoms with E-state index in [2.05, 4.69) is 0 Å². The summed E-state index contributed by atoms with van der Waals surface area (Å²) >= 11 is 0. The summed E-state index contributed by atoms with van der Waals surface area (Å²) in [5, 5.41) is 0. The van der Waals surface area contributed by atoms with Gasteiger partial charge in [0.05, 0.1) is 11.3 Å². The van der Waals surface area contributed by atoms with Crippen molar-refractivity contribution in [3.8, 4) is 0 Å². The van der Waals surface area contributed by atoms with Crippen LogP contribution in [0.25, 0.3) is 0 Å². The fourth-order valence-electron chi connectivity index (χ4n) is 3.74. The van der Waals surface area contributed by atoms with Crippen molar-refractivity contribution in [2.45, 2.75) is 32.2 Å². The number of aryl methyl sites for hydroxylation is 1. The Balaban J connectivity index is 1.85. The van der Waals surface area contributed by atoms with E-state index in [0.29, 0.717) is 29.8 Å².